The van der Waals surface area contributed by atoms with Gasteiger partial charge in [0.1, 0.15) is 0 Å². The van der Waals surface area contributed by atoms with E-state index in [0.717, 1.165) is 26.2 Å². The van der Waals surface area contributed by atoms with E-state index in [1.165, 1.54) is 23.0 Å². The number of nitrogens with zero attached hydrogens (tertiary/aromatic N) is 4. The number of hydrogen-bond acceptors (Lipinski definition) is 5. The smallest absolute Gasteiger partial charge is 0.292 e. The van der Waals surface area contributed by atoms with Gasteiger partial charge in [0, 0.05) is 51.0 Å². The summed E-state index contributed by atoms with van der Waals surface area (Å²) in [5.74, 6) is 0.201. The number of amides is 1. The lowest BCUT2D eigenvalue weighted by Crippen LogP contribution is -2.56. The molecule has 3 heterocycles. The molecule has 2 aliphatic rings. The molecule has 0 saturated carbocycles. The van der Waals surface area contributed by atoms with Crippen molar-refractivity contribution >= 4 is 11.6 Å². The molecule has 0 bridgehead atoms. The van der Waals surface area contributed by atoms with Gasteiger partial charge in [0.25, 0.3) is 5.91 Å². The first-order chi connectivity index (χ1) is 14.3. The Morgan fingerprint density at radius 2 is 1.83 bits per heavy atom. The van der Waals surface area contributed by atoms with Crippen molar-refractivity contribution in [3.05, 3.63) is 83.7 Å². The summed E-state index contributed by atoms with van der Waals surface area (Å²) in [6.07, 6.45) is 1.52. The lowest BCUT2D eigenvalue weighted by atomic mass is 10.1. The van der Waals surface area contributed by atoms with Crippen LogP contribution < -0.4 is 4.90 Å². The standard InChI is InChI=1S/C23H24N4O2/c28-23(22-10-11-24-29-22)26-15-19-8-4-5-9-21(19)27-13-12-25(16-20(27)17-26)14-18-6-2-1-3-7-18/h1-11,20H,12-17H2. The first-order valence-corrected chi connectivity index (χ1v) is 10.1. The van der Waals surface area contributed by atoms with Crippen molar-refractivity contribution < 1.29 is 9.32 Å². The van der Waals surface area contributed by atoms with Gasteiger partial charge in [-0.25, -0.2) is 0 Å². The maximum atomic E-state index is 13.0. The van der Waals surface area contributed by atoms with Crippen LogP contribution >= 0.6 is 0 Å². The molecule has 1 atom stereocenters. The predicted octanol–water partition coefficient (Wildman–Crippen LogP) is 3.02. The van der Waals surface area contributed by atoms with Crippen LogP contribution in [0.5, 0.6) is 0 Å². The molecule has 1 unspecified atom stereocenters. The van der Waals surface area contributed by atoms with Crippen LogP contribution in [-0.4, -0.2) is 53.1 Å². The molecule has 0 N–H and O–H groups in total. The van der Waals surface area contributed by atoms with E-state index in [4.69, 9.17) is 4.52 Å². The maximum absolute atomic E-state index is 13.0. The minimum absolute atomic E-state index is 0.0978. The van der Waals surface area contributed by atoms with Gasteiger partial charge >= 0.3 is 0 Å². The zero-order valence-corrected chi connectivity index (χ0v) is 16.3. The summed E-state index contributed by atoms with van der Waals surface area (Å²) in [6, 6.07) is 20.9. The van der Waals surface area contributed by atoms with Crippen molar-refractivity contribution in [2.24, 2.45) is 0 Å². The van der Waals surface area contributed by atoms with Crippen molar-refractivity contribution in [1.82, 2.24) is 15.0 Å². The van der Waals surface area contributed by atoms with Gasteiger partial charge in [-0.3, -0.25) is 9.69 Å². The molecule has 148 valence electrons. The highest BCUT2D eigenvalue weighted by Gasteiger charge is 2.35. The van der Waals surface area contributed by atoms with E-state index in [1.54, 1.807) is 6.07 Å². The van der Waals surface area contributed by atoms with E-state index in [-0.39, 0.29) is 11.9 Å². The largest absolute Gasteiger partial charge is 0.364 e. The third kappa shape index (κ3) is 3.63. The van der Waals surface area contributed by atoms with Crippen LogP contribution in [0.2, 0.25) is 0 Å². The normalized spacial score (nSPS) is 19.4. The first-order valence-electron chi connectivity index (χ1n) is 10.1. The Hall–Kier alpha value is -3.12. The van der Waals surface area contributed by atoms with Crippen molar-refractivity contribution in [1.29, 1.82) is 0 Å². The molecule has 1 amide bonds. The molecule has 1 saturated heterocycles. The number of aromatic nitrogens is 1. The Bertz CT molecular complexity index is 974. The minimum Gasteiger partial charge on any atom is -0.364 e. The summed E-state index contributed by atoms with van der Waals surface area (Å²) in [5, 5.41) is 3.71. The Kier molecular flexibility index (Phi) is 4.77. The average Bonchev–Trinajstić information content (AvgIpc) is 3.24. The molecule has 6 heteroatoms. The van der Waals surface area contributed by atoms with Crippen LogP contribution in [0.25, 0.3) is 0 Å². The molecule has 0 aliphatic carbocycles. The van der Waals surface area contributed by atoms with E-state index < -0.39 is 0 Å². The molecule has 0 radical (unpaired) electrons. The summed E-state index contributed by atoms with van der Waals surface area (Å²) < 4.78 is 5.15. The van der Waals surface area contributed by atoms with E-state index in [0.29, 0.717) is 18.8 Å². The molecule has 5 rings (SSSR count). The molecule has 29 heavy (non-hydrogen) atoms. The Balaban J connectivity index is 1.41. The first kappa shape index (κ1) is 17.9. The number of hydrogen-bond donors (Lipinski definition) is 0. The molecule has 1 aromatic heterocycles. The molecular weight excluding hydrogens is 364 g/mol. The third-order valence-corrected chi connectivity index (χ3v) is 5.85. The molecular formula is C23H24N4O2. The van der Waals surface area contributed by atoms with Gasteiger partial charge in [-0.1, -0.05) is 53.7 Å². The van der Waals surface area contributed by atoms with Crippen LogP contribution in [0.3, 0.4) is 0 Å². The SMILES string of the molecule is O=C(c1ccno1)N1Cc2ccccc2N2CCN(Cc3ccccc3)CC2C1. The van der Waals surface area contributed by atoms with E-state index in [9.17, 15) is 4.79 Å². The van der Waals surface area contributed by atoms with E-state index in [1.807, 2.05) is 11.0 Å². The third-order valence-electron chi connectivity index (χ3n) is 5.85. The van der Waals surface area contributed by atoms with Crippen LogP contribution in [0.1, 0.15) is 21.7 Å². The van der Waals surface area contributed by atoms with Gasteiger partial charge in [-0.15, -0.1) is 0 Å². The van der Waals surface area contributed by atoms with Gasteiger partial charge in [0.15, 0.2) is 0 Å². The van der Waals surface area contributed by atoms with Gasteiger partial charge in [-0.2, -0.15) is 0 Å². The van der Waals surface area contributed by atoms with E-state index in [2.05, 4.69) is 63.5 Å². The summed E-state index contributed by atoms with van der Waals surface area (Å²) in [7, 11) is 0. The molecule has 2 aliphatic heterocycles. The zero-order valence-electron chi connectivity index (χ0n) is 16.3. The quantitative estimate of drug-likeness (QED) is 0.690. The second kappa shape index (κ2) is 7.72. The van der Waals surface area contributed by atoms with Gasteiger partial charge < -0.3 is 14.3 Å². The number of piperazine rings is 1. The van der Waals surface area contributed by atoms with Gasteiger partial charge in [0.2, 0.25) is 5.76 Å². The van der Waals surface area contributed by atoms with Crippen LogP contribution in [-0.2, 0) is 13.1 Å². The fourth-order valence-corrected chi connectivity index (χ4v) is 4.46. The lowest BCUT2D eigenvalue weighted by molar-refractivity contribution is 0.0677. The summed E-state index contributed by atoms with van der Waals surface area (Å²) in [5.41, 5.74) is 3.74. The van der Waals surface area contributed by atoms with Crippen LogP contribution in [0.4, 0.5) is 5.69 Å². The molecule has 1 fully saturated rings. The number of carbonyl (C=O) groups excluding carboxylic acids is 1. The molecule has 3 aromatic rings. The molecule has 2 aromatic carbocycles. The van der Waals surface area contributed by atoms with Crippen LogP contribution in [0, 0.1) is 0 Å². The van der Waals surface area contributed by atoms with Crippen molar-refractivity contribution in [2.45, 2.75) is 19.1 Å². The van der Waals surface area contributed by atoms with Crippen molar-refractivity contribution in [3.8, 4) is 0 Å². The highest BCUT2D eigenvalue weighted by Crippen LogP contribution is 2.30. The Morgan fingerprint density at radius 3 is 2.66 bits per heavy atom. The topological polar surface area (TPSA) is 52.8 Å². The highest BCUT2D eigenvalue weighted by atomic mass is 16.5. The number of carbonyl (C=O) groups is 1. The second-order valence-electron chi connectivity index (χ2n) is 7.76. The number of benzene rings is 2. The zero-order chi connectivity index (χ0) is 19.6. The average molecular weight is 388 g/mol. The lowest BCUT2D eigenvalue weighted by Gasteiger charge is -2.43. The number of para-hydroxylation sites is 1. The fourth-order valence-electron chi connectivity index (χ4n) is 4.46. The number of fused-ring (bicyclic) bond motifs is 3. The highest BCUT2D eigenvalue weighted by molar-refractivity contribution is 5.91. The molecule has 6 nitrogen and oxygen atoms in total. The summed E-state index contributed by atoms with van der Waals surface area (Å²) in [6.45, 7) is 5.07. The van der Waals surface area contributed by atoms with Crippen molar-refractivity contribution in [2.75, 3.05) is 31.1 Å². The van der Waals surface area contributed by atoms with Crippen LogP contribution in [0.15, 0.2) is 71.4 Å². The molecule has 0 spiro atoms. The maximum Gasteiger partial charge on any atom is 0.292 e. The second-order valence-corrected chi connectivity index (χ2v) is 7.76. The Labute approximate surface area is 170 Å². The summed E-state index contributed by atoms with van der Waals surface area (Å²) >= 11 is 0. The monoisotopic (exact) mass is 388 g/mol. The van der Waals surface area contributed by atoms with Gasteiger partial charge in [0.05, 0.1) is 12.2 Å². The Morgan fingerprint density at radius 1 is 1.00 bits per heavy atom. The minimum atomic E-state index is -0.0978. The van der Waals surface area contributed by atoms with E-state index >= 15 is 0 Å². The van der Waals surface area contributed by atoms with Gasteiger partial charge in [-0.05, 0) is 17.2 Å². The number of anilines is 1. The predicted molar refractivity (Wildman–Crippen MR) is 111 cm³/mol. The van der Waals surface area contributed by atoms with Crippen molar-refractivity contribution in [3.63, 3.8) is 0 Å². The number of rotatable bonds is 3. The summed E-state index contributed by atoms with van der Waals surface area (Å²) in [4.78, 5) is 19.9. The fraction of sp³-hybridized carbons (Fsp3) is 0.304.